The van der Waals surface area contributed by atoms with Gasteiger partial charge in [-0.25, -0.2) is 9.97 Å². The Balaban J connectivity index is 2.05. The van der Waals surface area contributed by atoms with Gasteiger partial charge in [0.05, 0.1) is 17.8 Å². The molecule has 0 spiro atoms. The second-order valence-electron chi connectivity index (χ2n) is 3.82. The summed E-state index contributed by atoms with van der Waals surface area (Å²) in [5.41, 5.74) is 0.746. The highest BCUT2D eigenvalue weighted by molar-refractivity contribution is 5.86. The Morgan fingerprint density at radius 1 is 1.05 bits per heavy atom. The Labute approximate surface area is 113 Å². The molecule has 0 amide bonds. The molecule has 0 bridgehead atoms. The summed E-state index contributed by atoms with van der Waals surface area (Å²) in [6.07, 6.45) is 2.62. The highest BCUT2D eigenvalue weighted by Crippen LogP contribution is 2.34. The summed E-state index contributed by atoms with van der Waals surface area (Å²) in [7, 11) is 0. The van der Waals surface area contributed by atoms with Crippen molar-refractivity contribution in [2.45, 2.75) is 0 Å². The van der Waals surface area contributed by atoms with E-state index in [4.69, 9.17) is 19.7 Å². The lowest BCUT2D eigenvalue weighted by Gasteiger charge is -2.01. The van der Waals surface area contributed by atoms with Gasteiger partial charge in [-0.05, 0) is 12.1 Å². The maximum absolute atomic E-state index is 9.08. The monoisotopic (exact) mass is 262 g/mol. The van der Waals surface area contributed by atoms with Crippen molar-refractivity contribution in [3.05, 3.63) is 48.1 Å². The van der Waals surface area contributed by atoms with E-state index in [1.165, 1.54) is 12.4 Å². The molecule has 6 heteroatoms. The zero-order chi connectivity index (χ0) is 13.9. The molecular formula is C14H6N4O2. The number of para-hydroxylation sites is 1. The standard InChI is InChI=1S/C14H6N4O2/c15-5-9-7-18-13(8-17-9)20-14-10-3-1-2-4-11(10)19-12(14)6-16/h1-4,7-8H. The van der Waals surface area contributed by atoms with Crippen molar-refractivity contribution in [2.75, 3.05) is 0 Å². The van der Waals surface area contributed by atoms with Gasteiger partial charge in [0.25, 0.3) is 0 Å². The Bertz CT molecular complexity index is 853. The average molecular weight is 262 g/mol. The van der Waals surface area contributed by atoms with Gasteiger partial charge in [-0.3, -0.25) is 0 Å². The van der Waals surface area contributed by atoms with Crippen molar-refractivity contribution in [3.8, 4) is 23.8 Å². The van der Waals surface area contributed by atoms with Gasteiger partial charge in [0, 0.05) is 0 Å². The maximum atomic E-state index is 9.08. The number of aromatic nitrogens is 2. The fourth-order valence-corrected chi connectivity index (χ4v) is 1.73. The summed E-state index contributed by atoms with van der Waals surface area (Å²) in [6, 6.07) is 10.9. The molecule has 0 aliphatic heterocycles. The van der Waals surface area contributed by atoms with E-state index in [-0.39, 0.29) is 17.3 Å². The van der Waals surface area contributed by atoms with Crippen LogP contribution in [0.15, 0.2) is 41.1 Å². The molecular weight excluding hydrogens is 256 g/mol. The molecule has 20 heavy (non-hydrogen) atoms. The van der Waals surface area contributed by atoms with Crippen LogP contribution in [-0.4, -0.2) is 9.97 Å². The number of hydrogen-bond donors (Lipinski definition) is 0. The Hall–Kier alpha value is -3.38. The third-order valence-electron chi connectivity index (χ3n) is 2.60. The number of furan rings is 1. The fourth-order valence-electron chi connectivity index (χ4n) is 1.73. The van der Waals surface area contributed by atoms with Crippen LogP contribution in [0, 0.1) is 22.7 Å². The highest BCUT2D eigenvalue weighted by atomic mass is 16.5. The molecule has 0 saturated heterocycles. The molecule has 0 aliphatic carbocycles. The van der Waals surface area contributed by atoms with Gasteiger partial charge < -0.3 is 9.15 Å². The average Bonchev–Trinajstić information content (AvgIpc) is 2.86. The number of rotatable bonds is 2. The normalized spacial score (nSPS) is 9.90. The smallest absolute Gasteiger partial charge is 0.247 e. The van der Waals surface area contributed by atoms with Crippen LogP contribution < -0.4 is 4.74 Å². The van der Waals surface area contributed by atoms with E-state index in [1.54, 1.807) is 18.2 Å². The Morgan fingerprint density at radius 3 is 2.60 bits per heavy atom. The first-order chi connectivity index (χ1) is 9.81. The lowest BCUT2D eigenvalue weighted by molar-refractivity contribution is 0.448. The highest BCUT2D eigenvalue weighted by Gasteiger charge is 2.16. The molecule has 2 aromatic heterocycles. The van der Waals surface area contributed by atoms with E-state index in [9.17, 15) is 0 Å². The van der Waals surface area contributed by atoms with Gasteiger partial charge in [0.2, 0.25) is 11.6 Å². The zero-order valence-electron chi connectivity index (χ0n) is 10.1. The number of fused-ring (bicyclic) bond motifs is 1. The number of ether oxygens (including phenoxy) is 1. The minimum atomic E-state index is 0.0670. The van der Waals surface area contributed by atoms with Crippen LogP contribution in [0.25, 0.3) is 11.0 Å². The number of benzene rings is 1. The van der Waals surface area contributed by atoms with E-state index in [0.717, 1.165) is 0 Å². The second kappa shape index (κ2) is 4.71. The van der Waals surface area contributed by atoms with Crippen molar-refractivity contribution < 1.29 is 9.15 Å². The van der Waals surface area contributed by atoms with Crippen LogP contribution in [0.3, 0.4) is 0 Å². The third-order valence-corrected chi connectivity index (χ3v) is 2.60. The summed E-state index contributed by atoms with van der Waals surface area (Å²) in [6.45, 7) is 0. The molecule has 0 fully saturated rings. The van der Waals surface area contributed by atoms with Crippen LogP contribution in [0.5, 0.6) is 11.6 Å². The van der Waals surface area contributed by atoms with Crippen molar-refractivity contribution >= 4 is 11.0 Å². The Morgan fingerprint density at radius 2 is 1.90 bits per heavy atom. The first-order valence-electron chi connectivity index (χ1n) is 5.63. The van der Waals surface area contributed by atoms with E-state index in [1.807, 2.05) is 18.2 Å². The molecule has 3 rings (SSSR count). The van der Waals surface area contributed by atoms with E-state index in [2.05, 4.69) is 9.97 Å². The van der Waals surface area contributed by atoms with Gasteiger partial charge in [-0.1, -0.05) is 12.1 Å². The number of hydrogen-bond acceptors (Lipinski definition) is 6. The molecule has 0 aliphatic rings. The molecule has 0 saturated carbocycles. The molecule has 1 aromatic carbocycles. The van der Waals surface area contributed by atoms with Crippen LogP contribution in [0.4, 0.5) is 0 Å². The van der Waals surface area contributed by atoms with Crippen LogP contribution in [0.1, 0.15) is 11.5 Å². The summed E-state index contributed by atoms with van der Waals surface area (Å²) in [5, 5.41) is 18.4. The first-order valence-corrected chi connectivity index (χ1v) is 5.63. The van der Waals surface area contributed by atoms with Gasteiger partial charge in [0.1, 0.15) is 17.7 Å². The minimum Gasteiger partial charge on any atom is -0.442 e. The van der Waals surface area contributed by atoms with E-state index < -0.39 is 0 Å². The van der Waals surface area contributed by atoms with E-state index >= 15 is 0 Å². The van der Waals surface area contributed by atoms with Crippen LogP contribution in [-0.2, 0) is 0 Å². The van der Waals surface area contributed by atoms with Crippen molar-refractivity contribution in [1.29, 1.82) is 10.5 Å². The fraction of sp³-hybridized carbons (Fsp3) is 0. The first kappa shape index (κ1) is 11.7. The molecule has 3 aromatic rings. The molecule has 0 N–H and O–H groups in total. The minimum absolute atomic E-state index is 0.0670. The molecule has 0 atom stereocenters. The number of nitriles is 2. The summed E-state index contributed by atoms with van der Waals surface area (Å²) < 4.78 is 10.9. The summed E-state index contributed by atoms with van der Waals surface area (Å²) >= 11 is 0. The molecule has 0 radical (unpaired) electrons. The Kier molecular flexibility index (Phi) is 2.76. The van der Waals surface area contributed by atoms with Crippen LogP contribution >= 0.6 is 0 Å². The lowest BCUT2D eigenvalue weighted by Crippen LogP contribution is -1.91. The van der Waals surface area contributed by atoms with Crippen molar-refractivity contribution in [1.82, 2.24) is 9.97 Å². The SMILES string of the molecule is N#Cc1cnc(Oc2c(C#N)oc3ccccc23)cn1. The predicted octanol–water partition coefficient (Wildman–Crippen LogP) is 2.76. The molecule has 94 valence electrons. The zero-order valence-corrected chi connectivity index (χ0v) is 10.1. The maximum Gasteiger partial charge on any atom is 0.247 e. The van der Waals surface area contributed by atoms with Gasteiger partial charge in [-0.2, -0.15) is 10.5 Å². The van der Waals surface area contributed by atoms with Gasteiger partial charge in [0.15, 0.2) is 11.4 Å². The van der Waals surface area contributed by atoms with Crippen molar-refractivity contribution in [2.24, 2.45) is 0 Å². The topological polar surface area (TPSA) is 95.7 Å². The number of nitrogens with zero attached hydrogens (tertiary/aromatic N) is 4. The van der Waals surface area contributed by atoms with Crippen LogP contribution in [0.2, 0.25) is 0 Å². The summed E-state index contributed by atoms with van der Waals surface area (Å²) in [5.74, 6) is 0.548. The molecule has 0 unspecified atom stereocenters. The second-order valence-corrected chi connectivity index (χ2v) is 3.82. The lowest BCUT2D eigenvalue weighted by atomic mass is 10.2. The quantitative estimate of drug-likeness (QED) is 0.704. The van der Waals surface area contributed by atoms with Crippen molar-refractivity contribution in [3.63, 3.8) is 0 Å². The third kappa shape index (κ3) is 1.92. The summed E-state index contributed by atoms with van der Waals surface area (Å²) in [4.78, 5) is 7.80. The largest absolute Gasteiger partial charge is 0.442 e. The van der Waals surface area contributed by atoms with E-state index in [0.29, 0.717) is 16.7 Å². The molecule has 6 nitrogen and oxygen atoms in total. The predicted molar refractivity (Wildman–Crippen MR) is 67.8 cm³/mol. The van der Waals surface area contributed by atoms with Gasteiger partial charge >= 0.3 is 0 Å². The van der Waals surface area contributed by atoms with Gasteiger partial charge in [-0.15, -0.1) is 0 Å². The molecule has 2 heterocycles.